The van der Waals surface area contributed by atoms with Gasteiger partial charge in [0.25, 0.3) is 0 Å². The van der Waals surface area contributed by atoms with Crippen molar-refractivity contribution >= 4 is 22.8 Å². The zero-order chi connectivity index (χ0) is 19.8. The van der Waals surface area contributed by atoms with Crippen LogP contribution in [-0.4, -0.2) is 62.2 Å². The second-order valence-electron chi connectivity index (χ2n) is 6.52. The summed E-state index contributed by atoms with van der Waals surface area (Å²) in [4.78, 5) is 19.9. The summed E-state index contributed by atoms with van der Waals surface area (Å²) in [6.07, 6.45) is 0.257. The number of aromatic nitrogens is 3. The minimum absolute atomic E-state index is 0.0475. The molecule has 4 atom stereocenters. The fraction of sp³-hybridized carbons (Fsp3) is 0.562. The molecule has 1 aliphatic heterocycles. The first kappa shape index (κ1) is 19.3. The maximum Gasteiger partial charge on any atom is 0.222 e. The molecule has 0 spiro atoms. The number of rotatable bonds is 6. The maximum atomic E-state index is 11.5. The van der Waals surface area contributed by atoms with Crippen LogP contribution < -0.4 is 5.32 Å². The molecule has 2 aromatic rings. The SMILES string of the molecule is CO[C@]1(C)C(O)C(CO)O[C@H]1n1cc(CN=N)c2c(NC(C)=O)ncnc21. The number of anilines is 1. The summed E-state index contributed by atoms with van der Waals surface area (Å²) in [5.41, 5.74) is 7.08. The second kappa shape index (κ2) is 7.27. The van der Waals surface area contributed by atoms with E-state index in [1.54, 1.807) is 17.7 Å². The molecule has 4 N–H and O–H groups in total. The van der Waals surface area contributed by atoms with Gasteiger partial charge in [-0.1, -0.05) is 0 Å². The molecule has 1 amide bonds. The van der Waals surface area contributed by atoms with Crippen molar-refractivity contribution < 1.29 is 24.5 Å². The number of carbonyl (C=O) groups is 1. The molecule has 1 aliphatic rings. The van der Waals surface area contributed by atoms with Crippen LogP contribution in [0.2, 0.25) is 0 Å². The minimum atomic E-state index is -1.16. The van der Waals surface area contributed by atoms with Crippen LogP contribution in [0.15, 0.2) is 17.6 Å². The highest BCUT2D eigenvalue weighted by atomic mass is 16.6. The van der Waals surface area contributed by atoms with Crippen molar-refractivity contribution in [3.05, 3.63) is 18.1 Å². The predicted octanol–water partition coefficient (Wildman–Crippen LogP) is 0.576. The molecule has 11 heteroatoms. The van der Waals surface area contributed by atoms with Gasteiger partial charge in [-0.25, -0.2) is 15.5 Å². The number of ether oxygens (including phenoxy) is 2. The molecule has 2 unspecified atom stereocenters. The summed E-state index contributed by atoms with van der Waals surface area (Å²) in [7, 11) is 1.45. The summed E-state index contributed by atoms with van der Waals surface area (Å²) in [5.74, 6) is -0.00704. The Balaban J connectivity index is 2.20. The van der Waals surface area contributed by atoms with Crippen LogP contribution in [0.3, 0.4) is 0 Å². The molecular weight excluding hydrogens is 356 g/mol. The van der Waals surface area contributed by atoms with E-state index in [4.69, 9.17) is 15.0 Å². The Hall–Kier alpha value is -2.47. The van der Waals surface area contributed by atoms with E-state index in [1.807, 2.05) is 0 Å². The fourth-order valence-corrected chi connectivity index (χ4v) is 3.40. The molecule has 0 aliphatic carbocycles. The zero-order valence-corrected chi connectivity index (χ0v) is 15.2. The van der Waals surface area contributed by atoms with Gasteiger partial charge in [0.15, 0.2) is 6.23 Å². The molecule has 27 heavy (non-hydrogen) atoms. The Kier molecular flexibility index (Phi) is 5.20. The highest BCUT2D eigenvalue weighted by Crippen LogP contribution is 2.43. The molecular formula is C16H22N6O5. The number of carbonyl (C=O) groups excluding carboxylic acids is 1. The lowest BCUT2D eigenvalue weighted by Gasteiger charge is -2.31. The minimum Gasteiger partial charge on any atom is -0.394 e. The number of hydrogen-bond acceptors (Lipinski definition) is 9. The van der Waals surface area contributed by atoms with E-state index >= 15 is 0 Å². The second-order valence-corrected chi connectivity index (χ2v) is 6.52. The van der Waals surface area contributed by atoms with Crippen molar-refractivity contribution in [1.82, 2.24) is 14.5 Å². The van der Waals surface area contributed by atoms with Gasteiger partial charge in [-0.15, -0.1) is 0 Å². The van der Waals surface area contributed by atoms with Gasteiger partial charge < -0.3 is 29.6 Å². The van der Waals surface area contributed by atoms with E-state index in [0.29, 0.717) is 22.4 Å². The quantitative estimate of drug-likeness (QED) is 0.536. The smallest absolute Gasteiger partial charge is 0.222 e. The van der Waals surface area contributed by atoms with Crippen LogP contribution in [0.4, 0.5) is 5.82 Å². The Labute approximate surface area is 154 Å². The highest BCUT2D eigenvalue weighted by molar-refractivity contribution is 5.99. The Bertz CT molecular complexity index is 870. The Morgan fingerprint density at radius 1 is 1.56 bits per heavy atom. The standard InChI is InChI=1S/C16H22N6O5/c1-8(24)21-13-11-9(4-20-17)5-22(14(11)19-7-18-13)15-16(2,26-3)12(25)10(6-23)27-15/h5,7,10,12,15,17,23,25H,4,6H2,1-3H3,(H,18,19,21,24)/t10?,12?,15-,16-/m1/s1. The number of amides is 1. The normalized spacial score (nSPS) is 27.8. The first-order valence-electron chi connectivity index (χ1n) is 8.32. The van der Waals surface area contributed by atoms with Crippen LogP contribution in [0, 0.1) is 5.53 Å². The van der Waals surface area contributed by atoms with Crippen molar-refractivity contribution in [3.8, 4) is 0 Å². The summed E-state index contributed by atoms with van der Waals surface area (Å²) < 4.78 is 13.0. The van der Waals surface area contributed by atoms with Gasteiger partial charge in [0.1, 0.15) is 35.6 Å². The average molecular weight is 378 g/mol. The lowest BCUT2D eigenvalue weighted by atomic mass is 9.96. The zero-order valence-electron chi connectivity index (χ0n) is 15.2. The molecule has 11 nitrogen and oxygen atoms in total. The van der Waals surface area contributed by atoms with Gasteiger partial charge in [0, 0.05) is 25.8 Å². The van der Waals surface area contributed by atoms with Gasteiger partial charge in [-0.2, -0.15) is 5.11 Å². The summed E-state index contributed by atoms with van der Waals surface area (Å²) >= 11 is 0. The van der Waals surface area contributed by atoms with Gasteiger partial charge in [0.2, 0.25) is 5.91 Å². The maximum absolute atomic E-state index is 11.5. The number of nitrogens with one attached hydrogen (secondary N) is 2. The molecule has 0 radical (unpaired) electrons. The van der Waals surface area contributed by atoms with Crippen LogP contribution >= 0.6 is 0 Å². The number of nitrogens with zero attached hydrogens (tertiary/aromatic N) is 4. The lowest BCUT2D eigenvalue weighted by molar-refractivity contribution is -0.118. The predicted molar refractivity (Wildman–Crippen MR) is 93.1 cm³/mol. The van der Waals surface area contributed by atoms with Crippen molar-refractivity contribution in [2.45, 2.75) is 44.4 Å². The lowest BCUT2D eigenvalue weighted by Crippen LogP contribution is -2.46. The van der Waals surface area contributed by atoms with Crippen molar-refractivity contribution in [2.24, 2.45) is 5.11 Å². The van der Waals surface area contributed by atoms with E-state index in [-0.39, 0.29) is 19.1 Å². The molecule has 2 aromatic heterocycles. The van der Waals surface area contributed by atoms with Crippen LogP contribution in [0.1, 0.15) is 25.6 Å². The number of methoxy groups -OCH3 is 1. The number of aliphatic hydroxyl groups excluding tert-OH is 2. The van der Waals surface area contributed by atoms with Crippen LogP contribution in [0.25, 0.3) is 11.0 Å². The van der Waals surface area contributed by atoms with E-state index in [2.05, 4.69) is 20.4 Å². The third-order valence-electron chi connectivity index (χ3n) is 4.84. The molecule has 0 bridgehead atoms. The fourth-order valence-electron chi connectivity index (χ4n) is 3.40. The highest BCUT2D eigenvalue weighted by Gasteiger charge is 2.54. The average Bonchev–Trinajstić information content (AvgIpc) is 3.12. The topological polar surface area (TPSA) is 155 Å². The molecule has 146 valence electrons. The van der Waals surface area contributed by atoms with Crippen molar-refractivity contribution in [2.75, 3.05) is 19.0 Å². The van der Waals surface area contributed by atoms with Crippen LogP contribution in [-0.2, 0) is 20.8 Å². The summed E-state index contributed by atoms with van der Waals surface area (Å²) in [6.45, 7) is 2.71. The van der Waals surface area contributed by atoms with Gasteiger partial charge in [0.05, 0.1) is 18.5 Å². The largest absolute Gasteiger partial charge is 0.394 e. The van der Waals surface area contributed by atoms with Gasteiger partial charge >= 0.3 is 0 Å². The van der Waals surface area contributed by atoms with E-state index in [1.165, 1.54) is 20.4 Å². The Morgan fingerprint density at radius 3 is 2.89 bits per heavy atom. The van der Waals surface area contributed by atoms with Gasteiger partial charge in [-0.05, 0) is 6.92 Å². The number of fused-ring (bicyclic) bond motifs is 1. The van der Waals surface area contributed by atoms with Crippen molar-refractivity contribution in [1.29, 1.82) is 5.53 Å². The van der Waals surface area contributed by atoms with Crippen LogP contribution in [0.5, 0.6) is 0 Å². The van der Waals surface area contributed by atoms with E-state index < -0.39 is 24.0 Å². The summed E-state index contributed by atoms with van der Waals surface area (Å²) in [6, 6.07) is 0. The Morgan fingerprint density at radius 2 is 2.30 bits per heavy atom. The molecule has 1 saturated heterocycles. The van der Waals surface area contributed by atoms with E-state index in [9.17, 15) is 15.0 Å². The van der Waals surface area contributed by atoms with Gasteiger partial charge in [-0.3, -0.25) is 4.79 Å². The first-order valence-corrected chi connectivity index (χ1v) is 8.32. The first-order chi connectivity index (χ1) is 12.9. The number of aliphatic hydroxyl groups is 2. The number of hydrogen-bond donors (Lipinski definition) is 4. The van der Waals surface area contributed by atoms with Crippen molar-refractivity contribution in [3.63, 3.8) is 0 Å². The summed E-state index contributed by atoms with van der Waals surface area (Å²) in [5, 5.41) is 26.6. The molecule has 1 fully saturated rings. The third-order valence-corrected chi connectivity index (χ3v) is 4.84. The monoisotopic (exact) mass is 378 g/mol. The molecule has 3 heterocycles. The third kappa shape index (κ3) is 3.08. The molecule has 3 rings (SSSR count). The van der Waals surface area contributed by atoms with E-state index in [0.717, 1.165) is 0 Å². The molecule has 0 aromatic carbocycles. The molecule has 0 saturated carbocycles.